The van der Waals surface area contributed by atoms with E-state index in [-0.39, 0.29) is 36.8 Å². The first-order valence-electron chi connectivity index (χ1n) is 9.30. The van der Waals surface area contributed by atoms with Crippen LogP contribution in [0.25, 0.3) is 5.82 Å². The Balaban J connectivity index is 0.00000160. The molecule has 3 heterocycles. The van der Waals surface area contributed by atoms with Gasteiger partial charge in [-0.2, -0.15) is 5.10 Å². The fourth-order valence-corrected chi connectivity index (χ4v) is 3.82. The third-order valence-electron chi connectivity index (χ3n) is 4.96. The van der Waals surface area contributed by atoms with E-state index in [9.17, 15) is 4.79 Å². The van der Waals surface area contributed by atoms with Gasteiger partial charge in [0.1, 0.15) is 0 Å². The van der Waals surface area contributed by atoms with E-state index in [0.29, 0.717) is 29.5 Å². The second-order valence-electron chi connectivity index (χ2n) is 7.02. The Morgan fingerprint density at radius 1 is 1.17 bits per heavy atom. The van der Waals surface area contributed by atoms with Crippen molar-refractivity contribution in [2.75, 3.05) is 19.6 Å². The molecule has 30 heavy (non-hydrogen) atoms. The molecule has 0 saturated carbocycles. The monoisotopic (exact) mass is 467 g/mol. The highest BCUT2D eigenvalue weighted by molar-refractivity contribution is 6.30. The van der Waals surface area contributed by atoms with Gasteiger partial charge in [0.25, 0.3) is 5.91 Å². The predicted molar refractivity (Wildman–Crippen MR) is 123 cm³/mol. The average molecular weight is 469 g/mol. The maximum atomic E-state index is 13.2. The molecule has 0 aliphatic carbocycles. The molecule has 1 aromatic carbocycles. The molecule has 0 bridgehead atoms. The van der Waals surface area contributed by atoms with Gasteiger partial charge in [0.2, 0.25) is 0 Å². The van der Waals surface area contributed by atoms with Gasteiger partial charge in [0.05, 0.1) is 17.3 Å². The molecule has 1 aliphatic rings. The lowest BCUT2D eigenvalue weighted by Gasteiger charge is -2.36. The van der Waals surface area contributed by atoms with Crippen LogP contribution in [0.3, 0.4) is 0 Å². The summed E-state index contributed by atoms with van der Waals surface area (Å²) in [6.07, 6.45) is 1.63. The number of nitrogens with one attached hydrogen (secondary N) is 1. The van der Waals surface area contributed by atoms with Crippen LogP contribution in [0.2, 0.25) is 5.02 Å². The summed E-state index contributed by atoms with van der Waals surface area (Å²) >= 11 is 6.16. The minimum Gasteiger partial charge on any atom is -0.329 e. The minimum atomic E-state index is -0.0596. The zero-order chi connectivity index (χ0) is 19.7. The van der Waals surface area contributed by atoms with E-state index in [1.165, 1.54) is 0 Å². The minimum absolute atomic E-state index is 0. The lowest BCUT2D eigenvalue weighted by Crippen LogP contribution is -2.48. The zero-order valence-electron chi connectivity index (χ0n) is 16.7. The van der Waals surface area contributed by atoms with Crippen LogP contribution in [0.1, 0.15) is 33.4 Å². The van der Waals surface area contributed by atoms with E-state index in [1.54, 1.807) is 10.9 Å². The number of rotatable bonds is 3. The van der Waals surface area contributed by atoms with Crippen molar-refractivity contribution in [3.63, 3.8) is 0 Å². The van der Waals surface area contributed by atoms with Gasteiger partial charge in [-0.25, -0.2) is 9.67 Å². The first-order chi connectivity index (χ1) is 13.5. The quantitative estimate of drug-likeness (QED) is 0.627. The number of benzene rings is 1. The van der Waals surface area contributed by atoms with E-state index in [0.717, 1.165) is 23.5 Å². The molecule has 1 fully saturated rings. The Bertz CT molecular complexity index is 1010. The van der Waals surface area contributed by atoms with Gasteiger partial charge in [-0.3, -0.25) is 4.79 Å². The summed E-state index contributed by atoms with van der Waals surface area (Å²) < 4.78 is 1.78. The van der Waals surface area contributed by atoms with Crippen LogP contribution >= 0.6 is 36.4 Å². The summed E-state index contributed by atoms with van der Waals surface area (Å²) in [7, 11) is 0. The highest BCUT2D eigenvalue weighted by Crippen LogP contribution is 2.26. The van der Waals surface area contributed by atoms with Gasteiger partial charge in [0, 0.05) is 36.5 Å². The normalized spacial score (nSPS) is 15.8. The van der Waals surface area contributed by atoms with Crippen molar-refractivity contribution >= 4 is 42.3 Å². The molecule has 1 saturated heterocycles. The number of nitrogens with zero attached hydrogens (tertiary/aromatic N) is 4. The number of hydrogen-bond donors (Lipinski definition) is 1. The third-order valence-corrected chi connectivity index (χ3v) is 5.19. The van der Waals surface area contributed by atoms with Crippen molar-refractivity contribution in [2.24, 2.45) is 0 Å². The predicted octanol–water partition coefficient (Wildman–Crippen LogP) is 4.17. The summed E-state index contributed by atoms with van der Waals surface area (Å²) in [5.74, 6) is 0.674. The summed E-state index contributed by atoms with van der Waals surface area (Å²) in [4.78, 5) is 19.5. The molecule has 4 rings (SSSR count). The number of halogens is 3. The standard InChI is InChI=1S/C21H22ClN5O.2ClH/c1-14-10-15(2)27(25-14)20-7-6-17(12-24-20)21(28)26-9-8-23-13-19(26)16-4-3-5-18(22)11-16;;/h3-7,10-12,19,23H,8-9,13H2,1-2H3;2*1H. The molecule has 2 aromatic heterocycles. The molecule has 3 aromatic rings. The van der Waals surface area contributed by atoms with E-state index in [4.69, 9.17) is 11.6 Å². The maximum absolute atomic E-state index is 13.2. The van der Waals surface area contributed by atoms with Gasteiger partial charge in [-0.05, 0) is 49.7 Å². The number of amides is 1. The number of carbonyl (C=O) groups excluding carboxylic acids is 1. The van der Waals surface area contributed by atoms with Gasteiger partial charge < -0.3 is 10.2 Å². The molecule has 1 atom stereocenters. The molecule has 0 spiro atoms. The van der Waals surface area contributed by atoms with Gasteiger partial charge >= 0.3 is 0 Å². The van der Waals surface area contributed by atoms with Crippen molar-refractivity contribution in [1.29, 1.82) is 0 Å². The Labute approximate surface area is 193 Å². The largest absolute Gasteiger partial charge is 0.329 e. The number of aromatic nitrogens is 3. The molecule has 6 nitrogen and oxygen atoms in total. The maximum Gasteiger partial charge on any atom is 0.256 e. The Morgan fingerprint density at radius 3 is 2.60 bits per heavy atom. The highest BCUT2D eigenvalue weighted by Gasteiger charge is 2.29. The van der Waals surface area contributed by atoms with Crippen LogP contribution in [-0.2, 0) is 0 Å². The number of hydrogen-bond acceptors (Lipinski definition) is 4. The topological polar surface area (TPSA) is 63.1 Å². The van der Waals surface area contributed by atoms with Crippen molar-refractivity contribution in [3.05, 3.63) is 76.2 Å². The van der Waals surface area contributed by atoms with Gasteiger partial charge in [-0.15, -0.1) is 24.8 Å². The van der Waals surface area contributed by atoms with Crippen LogP contribution in [0.15, 0.2) is 48.7 Å². The number of carbonyl (C=O) groups is 1. The Morgan fingerprint density at radius 2 is 1.97 bits per heavy atom. The number of pyridine rings is 1. The van der Waals surface area contributed by atoms with Crippen molar-refractivity contribution < 1.29 is 4.79 Å². The third kappa shape index (κ3) is 4.95. The number of aryl methyl sites for hydroxylation is 2. The van der Waals surface area contributed by atoms with E-state index in [2.05, 4.69) is 15.4 Å². The summed E-state index contributed by atoms with van der Waals surface area (Å²) in [6, 6.07) is 13.3. The second-order valence-corrected chi connectivity index (χ2v) is 7.45. The SMILES string of the molecule is Cc1cc(C)n(-c2ccc(C(=O)N3CCNCC3c3cccc(Cl)c3)cn2)n1.Cl.Cl. The molecule has 1 N–H and O–H groups in total. The van der Waals surface area contributed by atoms with E-state index < -0.39 is 0 Å². The first kappa shape index (κ1) is 24.2. The van der Waals surface area contributed by atoms with Gasteiger partial charge in [0.15, 0.2) is 5.82 Å². The molecule has 0 radical (unpaired) electrons. The smallest absolute Gasteiger partial charge is 0.256 e. The first-order valence-corrected chi connectivity index (χ1v) is 9.67. The lowest BCUT2D eigenvalue weighted by atomic mass is 10.0. The Kier molecular flexibility index (Phi) is 8.26. The molecule has 1 unspecified atom stereocenters. The molecule has 1 aliphatic heterocycles. The Hall–Kier alpha value is -2.12. The van der Waals surface area contributed by atoms with Crippen LogP contribution in [0.4, 0.5) is 0 Å². The summed E-state index contributed by atoms with van der Waals surface area (Å²) in [5, 5.41) is 8.48. The van der Waals surface area contributed by atoms with Crippen molar-refractivity contribution in [1.82, 2.24) is 25.0 Å². The van der Waals surface area contributed by atoms with Crippen molar-refractivity contribution in [3.8, 4) is 5.82 Å². The van der Waals surface area contributed by atoms with E-state index >= 15 is 0 Å². The van der Waals surface area contributed by atoms with Crippen LogP contribution < -0.4 is 5.32 Å². The average Bonchev–Trinajstić information content (AvgIpc) is 3.05. The molecular weight excluding hydrogens is 445 g/mol. The van der Waals surface area contributed by atoms with Gasteiger partial charge in [-0.1, -0.05) is 23.7 Å². The lowest BCUT2D eigenvalue weighted by molar-refractivity contribution is 0.0634. The van der Waals surface area contributed by atoms with Crippen LogP contribution in [-0.4, -0.2) is 45.2 Å². The zero-order valence-corrected chi connectivity index (χ0v) is 19.1. The van der Waals surface area contributed by atoms with Crippen LogP contribution in [0.5, 0.6) is 0 Å². The molecule has 160 valence electrons. The highest BCUT2D eigenvalue weighted by atomic mass is 35.5. The van der Waals surface area contributed by atoms with Crippen molar-refractivity contribution in [2.45, 2.75) is 19.9 Å². The van der Waals surface area contributed by atoms with E-state index in [1.807, 2.05) is 61.2 Å². The summed E-state index contributed by atoms with van der Waals surface area (Å²) in [6.45, 7) is 6.03. The van der Waals surface area contributed by atoms with Crippen LogP contribution in [0, 0.1) is 13.8 Å². The molecular formula is C21H24Cl3N5O. The second kappa shape index (κ2) is 10.3. The fraction of sp³-hybridized carbons (Fsp3) is 0.286. The number of piperazine rings is 1. The summed E-state index contributed by atoms with van der Waals surface area (Å²) in [5.41, 5.74) is 3.54. The molecule has 1 amide bonds. The molecule has 9 heteroatoms. The fourth-order valence-electron chi connectivity index (χ4n) is 3.62.